The summed E-state index contributed by atoms with van der Waals surface area (Å²) in [6, 6.07) is 3.96. The van der Waals surface area contributed by atoms with Crippen LogP contribution in [0.25, 0.3) is 0 Å². The molecule has 1 saturated carbocycles. The monoisotopic (exact) mass is 302 g/mol. The van der Waals surface area contributed by atoms with E-state index in [1.165, 1.54) is 6.92 Å². The zero-order valence-electron chi connectivity index (χ0n) is 13.5. The first kappa shape index (κ1) is 16.4. The van der Waals surface area contributed by atoms with Crippen LogP contribution in [-0.4, -0.2) is 22.6 Å². The highest BCUT2D eigenvalue weighted by atomic mass is 16.4. The first-order valence-corrected chi connectivity index (χ1v) is 7.54. The van der Waals surface area contributed by atoms with Crippen LogP contribution in [0.4, 0.5) is 0 Å². The van der Waals surface area contributed by atoms with Crippen LogP contribution >= 0.6 is 0 Å². The van der Waals surface area contributed by atoms with Crippen molar-refractivity contribution in [3.8, 4) is 0 Å². The largest absolute Gasteiger partial charge is 0.480 e. The molecule has 4 heteroatoms. The Morgan fingerprint density at radius 1 is 1.18 bits per heavy atom. The van der Waals surface area contributed by atoms with Gasteiger partial charge in [-0.3, -0.25) is 14.4 Å². The molecule has 4 nitrogen and oxygen atoms in total. The lowest BCUT2D eigenvalue weighted by Gasteiger charge is -2.40. The summed E-state index contributed by atoms with van der Waals surface area (Å²) < 4.78 is 0. The molecule has 1 N–H and O–H groups in total. The van der Waals surface area contributed by atoms with Gasteiger partial charge in [0.25, 0.3) is 0 Å². The number of ketones is 2. The van der Waals surface area contributed by atoms with Gasteiger partial charge in [-0.05, 0) is 50.8 Å². The summed E-state index contributed by atoms with van der Waals surface area (Å²) in [5, 5.41) is 9.78. The van der Waals surface area contributed by atoms with Crippen LogP contribution in [0.15, 0.2) is 12.1 Å². The van der Waals surface area contributed by atoms with Gasteiger partial charge in [-0.15, -0.1) is 0 Å². The zero-order valence-corrected chi connectivity index (χ0v) is 13.5. The molecule has 0 radical (unpaired) electrons. The van der Waals surface area contributed by atoms with E-state index in [9.17, 15) is 19.5 Å². The average Bonchev–Trinajstić information content (AvgIpc) is 2.37. The summed E-state index contributed by atoms with van der Waals surface area (Å²) >= 11 is 0. The predicted molar refractivity (Wildman–Crippen MR) is 83.0 cm³/mol. The number of carboxylic acids is 1. The van der Waals surface area contributed by atoms with Gasteiger partial charge in [0, 0.05) is 18.8 Å². The summed E-state index contributed by atoms with van der Waals surface area (Å²) in [6.45, 7) is 7.14. The zero-order chi connectivity index (χ0) is 16.7. The quantitative estimate of drug-likeness (QED) is 0.871. The van der Waals surface area contributed by atoms with E-state index in [1.54, 1.807) is 0 Å². The molecule has 0 spiro atoms. The highest BCUT2D eigenvalue weighted by molar-refractivity contribution is 6.05. The standard InChI is InChI=1S/C18H22O4/c1-10-7-11(2)16(12(3)8-10)15-9-14(20)5-6-18(15,13(4)19)17(21)22/h7-8,15H,5-6,9H2,1-4H3,(H,21,22). The summed E-state index contributed by atoms with van der Waals surface area (Å²) in [5.74, 6) is -2.03. The number of aliphatic carboxylic acids is 1. The van der Waals surface area contributed by atoms with E-state index >= 15 is 0 Å². The molecule has 2 rings (SSSR count). The Balaban J connectivity index is 2.69. The summed E-state index contributed by atoms with van der Waals surface area (Å²) in [6.07, 6.45) is 0.372. The van der Waals surface area contributed by atoms with Crippen LogP contribution in [-0.2, 0) is 14.4 Å². The molecular weight excluding hydrogens is 280 g/mol. The first-order chi connectivity index (χ1) is 10.2. The Hall–Kier alpha value is -1.97. The fourth-order valence-corrected chi connectivity index (χ4v) is 3.93. The third-order valence-electron chi connectivity index (χ3n) is 4.92. The second-order valence-electron chi connectivity index (χ2n) is 6.44. The molecule has 1 aliphatic rings. The van der Waals surface area contributed by atoms with Crippen LogP contribution in [0, 0.1) is 26.2 Å². The van der Waals surface area contributed by atoms with Crippen LogP contribution in [0.3, 0.4) is 0 Å². The predicted octanol–water partition coefficient (Wildman–Crippen LogP) is 3.11. The molecule has 2 unspecified atom stereocenters. The number of carbonyl (C=O) groups is 3. The summed E-state index contributed by atoms with van der Waals surface area (Å²) in [4.78, 5) is 36.2. The SMILES string of the molecule is CC(=O)C1(C(=O)O)CCC(=O)CC1c1c(C)cc(C)cc1C. The highest BCUT2D eigenvalue weighted by Gasteiger charge is 2.54. The number of carboxylic acid groups (broad SMARTS) is 1. The van der Waals surface area contributed by atoms with Crippen molar-refractivity contribution in [2.24, 2.45) is 5.41 Å². The van der Waals surface area contributed by atoms with E-state index in [0.717, 1.165) is 22.3 Å². The summed E-state index contributed by atoms with van der Waals surface area (Å²) in [5.41, 5.74) is 2.34. The van der Waals surface area contributed by atoms with Crippen molar-refractivity contribution in [3.05, 3.63) is 34.4 Å². The molecule has 2 atom stereocenters. The maximum absolute atomic E-state index is 12.3. The van der Waals surface area contributed by atoms with Crippen molar-refractivity contribution in [2.45, 2.75) is 52.9 Å². The Labute approximate surface area is 130 Å². The van der Waals surface area contributed by atoms with Crippen molar-refractivity contribution in [1.82, 2.24) is 0 Å². The number of hydrogen-bond acceptors (Lipinski definition) is 3. The van der Waals surface area contributed by atoms with Gasteiger partial charge in [-0.25, -0.2) is 0 Å². The second-order valence-corrected chi connectivity index (χ2v) is 6.44. The number of Topliss-reactive ketones (excluding diaryl/α,β-unsaturated/α-hetero) is 2. The van der Waals surface area contributed by atoms with E-state index in [-0.39, 0.29) is 30.8 Å². The van der Waals surface area contributed by atoms with Crippen LogP contribution in [0.5, 0.6) is 0 Å². The first-order valence-electron chi connectivity index (χ1n) is 7.54. The molecule has 0 aromatic heterocycles. The molecule has 1 aromatic rings. The van der Waals surface area contributed by atoms with Crippen molar-refractivity contribution in [2.75, 3.05) is 0 Å². The number of hydrogen-bond donors (Lipinski definition) is 1. The van der Waals surface area contributed by atoms with Gasteiger partial charge in [0.2, 0.25) is 0 Å². The molecule has 0 amide bonds. The van der Waals surface area contributed by atoms with Crippen molar-refractivity contribution >= 4 is 17.5 Å². The lowest BCUT2D eigenvalue weighted by molar-refractivity contribution is -0.158. The lowest BCUT2D eigenvalue weighted by Crippen LogP contribution is -2.47. The Kier molecular flexibility index (Phi) is 4.23. The van der Waals surface area contributed by atoms with E-state index in [2.05, 4.69) is 0 Å². The number of benzene rings is 1. The molecule has 118 valence electrons. The van der Waals surface area contributed by atoms with Gasteiger partial charge in [0.15, 0.2) is 0 Å². The Morgan fingerprint density at radius 3 is 2.18 bits per heavy atom. The fourth-order valence-electron chi connectivity index (χ4n) is 3.93. The average molecular weight is 302 g/mol. The normalized spacial score (nSPS) is 25.1. The lowest BCUT2D eigenvalue weighted by atomic mass is 9.60. The molecule has 22 heavy (non-hydrogen) atoms. The van der Waals surface area contributed by atoms with Crippen molar-refractivity contribution < 1.29 is 19.5 Å². The maximum Gasteiger partial charge on any atom is 0.317 e. The molecule has 1 fully saturated rings. The molecule has 0 saturated heterocycles. The number of aryl methyl sites for hydroxylation is 3. The van der Waals surface area contributed by atoms with Crippen molar-refractivity contribution in [1.29, 1.82) is 0 Å². The van der Waals surface area contributed by atoms with Crippen LogP contribution in [0.2, 0.25) is 0 Å². The molecule has 0 aliphatic heterocycles. The third-order valence-corrected chi connectivity index (χ3v) is 4.92. The fraction of sp³-hybridized carbons (Fsp3) is 0.500. The van der Waals surface area contributed by atoms with Gasteiger partial charge < -0.3 is 5.11 Å². The minimum Gasteiger partial charge on any atom is -0.480 e. The molecule has 0 heterocycles. The number of carbonyl (C=O) groups excluding carboxylic acids is 2. The van der Waals surface area contributed by atoms with Gasteiger partial charge >= 0.3 is 5.97 Å². The van der Waals surface area contributed by atoms with Gasteiger partial charge in [-0.1, -0.05) is 17.7 Å². The Bertz CT molecular complexity index is 620. The van der Waals surface area contributed by atoms with Gasteiger partial charge in [0.05, 0.1) is 0 Å². The third kappa shape index (κ3) is 2.47. The highest BCUT2D eigenvalue weighted by Crippen LogP contribution is 2.49. The van der Waals surface area contributed by atoms with Gasteiger partial charge in [0.1, 0.15) is 17.0 Å². The van der Waals surface area contributed by atoms with E-state index in [0.29, 0.717) is 0 Å². The van der Waals surface area contributed by atoms with Gasteiger partial charge in [-0.2, -0.15) is 0 Å². The molecule has 1 aliphatic carbocycles. The van der Waals surface area contributed by atoms with Crippen molar-refractivity contribution in [3.63, 3.8) is 0 Å². The maximum atomic E-state index is 12.3. The van der Waals surface area contributed by atoms with E-state index in [1.807, 2.05) is 32.9 Å². The molecule has 1 aromatic carbocycles. The smallest absolute Gasteiger partial charge is 0.317 e. The summed E-state index contributed by atoms with van der Waals surface area (Å²) in [7, 11) is 0. The van der Waals surface area contributed by atoms with E-state index in [4.69, 9.17) is 0 Å². The molecular formula is C18H22O4. The molecule has 0 bridgehead atoms. The minimum atomic E-state index is -1.49. The number of rotatable bonds is 3. The topological polar surface area (TPSA) is 71.4 Å². The Morgan fingerprint density at radius 2 is 1.73 bits per heavy atom. The second kappa shape index (κ2) is 5.67. The van der Waals surface area contributed by atoms with Crippen LogP contribution in [0.1, 0.15) is 54.4 Å². The van der Waals surface area contributed by atoms with E-state index < -0.39 is 17.3 Å². The van der Waals surface area contributed by atoms with Crippen LogP contribution < -0.4 is 0 Å². The minimum absolute atomic E-state index is 0.0301.